The highest BCUT2D eigenvalue weighted by Gasteiger charge is 2.34. The Balaban J connectivity index is 1.30. The molecular formula is C20H22ClN5O3. The summed E-state index contributed by atoms with van der Waals surface area (Å²) in [4.78, 5) is 30.3. The lowest BCUT2D eigenvalue weighted by atomic mass is 10.3. The van der Waals surface area contributed by atoms with E-state index in [0.717, 1.165) is 17.8 Å². The fourth-order valence-electron chi connectivity index (χ4n) is 3.55. The summed E-state index contributed by atoms with van der Waals surface area (Å²) < 4.78 is 5.82. The maximum absolute atomic E-state index is 12.7. The number of benzene rings is 1. The number of rotatable bonds is 5. The van der Waals surface area contributed by atoms with Crippen molar-refractivity contribution >= 4 is 29.2 Å². The van der Waals surface area contributed by atoms with E-state index in [0.29, 0.717) is 37.1 Å². The predicted molar refractivity (Wildman–Crippen MR) is 108 cm³/mol. The molecule has 3 heterocycles. The van der Waals surface area contributed by atoms with E-state index in [2.05, 4.69) is 10.2 Å². The molecule has 2 fully saturated rings. The van der Waals surface area contributed by atoms with E-state index < -0.39 is 0 Å². The molecule has 1 aromatic carbocycles. The van der Waals surface area contributed by atoms with Crippen molar-refractivity contribution in [1.82, 2.24) is 20.0 Å². The van der Waals surface area contributed by atoms with Gasteiger partial charge < -0.3 is 14.5 Å². The number of carbonyl (C=O) groups excluding carboxylic acids is 2. The number of aryl methyl sites for hydroxylation is 1. The molecular weight excluding hydrogens is 394 g/mol. The number of hydrogen-bond donors (Lipinski definition) is 0. The number of anilines is 1. The first-order chi connectivity index (χ1) is 14.0. The second-order valence-corrected chi connectivity index (χ2v) is 7.65. The van der Waals surface area contributed by atoms with Crippen molar-refractivity contribution in [2.24, 2.45) is 0 Å². The van der Waals surface area contributed by atoms with E-state index in [1.165, 1.54) is 0 Å². The van der Waals surface area contributed by atoms with Crippen molar-refractivity contribution in [2.75, 3.05) is 37.6 Å². The number of ether oxygens (including phenoxy) is 1. The van der Waals surface area contributed by atoms with Crippen molar-refractivity contribution in [3.8, 4) is 5.88 Å². The molecule has 152 valence electrons. The Hall–Kier alpha value is -2.87. The van der Waals surface area contributed by atoms with Gasteiger partial charge in [-0.25, -0.2) is 4.79 Å². The van der Waals surface area contributed by atoms with E-state index in [9.17, 15) is 9.59 Å². The van der Waals surface area contributed by atoms with Crippen LogP contribution in [0.3, 0.4) is 0 Å². The zero-order valence-electron chi connectivity index (χ0n) is 16.1. The largest absolute Gasteiger partial charge is 0.471 e. The van der Waals surface area contributed by atoms with Crippen LogP contribution in [0.5, 0.6) is 5.88 Å². The van der Waals surface area contributed by atoms with Crippen LogP contribution in [0, 0.1) is 6.92 Å². The number of amides is 3. The van der Waals surface area contributed by atoms with Crippen LogP contribution in [0.15, 0.2) is 36.4 Å². The Bertz CT molecular complexity index is 907. The number of halogens is 1. The van der Waals surface area contributed by atoms with Crippen LogP contribution in [0.25, 0.3) is 0 Å². The van der Waals surface area contributed by atoms with Crippen LogP contribution in [0.1, 0.15) is 12.1 Å². The summed E-state index contributed by atoms with van der Waals surface area (Å²) in [5.74, 6) is 0.383. The average molecular weight is 416 g/mol. The van der Waals surface area contributed by atoms with E-state index in [1.807, 2.05) is 25.1 Å². The summed E-state index contributed by atoms with van der Waals surface area (Å²) in [5, 5.41) is 8.56. The third-order valence-electron chi connectivity index (χ3n) is 5.10. The van der Waals surface area contributed by atoms with Crippen molar-refractivity contribution in [3.05, 3.63) is 47.1 Å². The minimum absolute atomic E-state index is 0.0625. The topological polar surface area (TPSA) is 78.9 Å². The molecule has 0 N–H and O–H groups in total. The minimum atomic E-state index is -0.178. The van der Waals surface area contributed by atoms with Crippen molar-refractivity contribution in [3.63, 3.8) is 0 Å². The van der Waals surface area contributed by atoms with Crippen LogP contribution in [-0.4, -0.2) is 70.8 Å². The summed E-state index contributed by atoms with van der Waals surface area (Å²) >= 11 is 6.02. The number of carbonyl (C=O) groups is 2. The maximum atomic E-state index is 12.7. The Morgan fingerprint density at radius 3 is 2.83 bits per heavy atom. The molecule has 2 aromatic rings. The van der Waals surface area contributed by atoms with Crippen LogP contribution in [0.4, 0.5) is 10.5 Å². The van der Waals surface area contributed by atoms with E-state index in [-0.39, 0.29) is 24.6 Å². The van der Waals surface area contributed by atoms with Gasteiger partial charge in [-0.05, 0) is 31.2 Å². The van der Waals surface area contributed by atoms with Gasteiger partial charge in [0.1, 0.15) is 12.6 Å². The quantitative estimate of drug-likeness (QED) is 0.749. The molecule has 2 aliphatic heterocycles. The fourth-order valence-corrected chi connectivity index (χ4v) is 3.73. The number of urea groups is 1. The number of likely N-dealkylation sites (tertiary alicyclic amines) is 1. The molecule has 2 saturated heterocycles. The Morgan fingerprint density at radius 1 is 1.21 bits per heavy atom. The maximum Gasteiger partial charge on any atom is 0.325 e. The molecule has 1 unspecified atom stereocenters. The van der Waals surface area contributed by atoms with Crippen LogP contribution in [0.2, 0.25) is 5.02 Å². The van der Waals surface area contributed by atoms with Gasteiger partial charge in [-0.2, -0.15) is 5.10 Å². The van der Waals surface area contributed by atoms with Gasteiger partial charge in [0.25, 0.3) is 0 Å². The summed E-state index contributed by atoms with van der Waals surface area (Å²) in [6.07, 6.45) is 0.609. The summed E-state index contributed by atoms with van der Waals surface area (Å²) in [6.45, 7) is 4.04. The lowest BCUT2D eigenvalue weighted by molar-refractivity contribution is -0.130. The van der Waals surface area contributed by atoms with Gasteiger partial charge in [0.2, 0.25) is 11.8 Å². The lowest BCUT2D eigenvalue weighted by Crippen LogP contribution is -2.42. The highest BCUT2D eigenvalue weighted by Crippen LogP contribution is 2.24. The Kier molecular flexibility index (Phi) is 5.53. The third-order valence-corrected chi connectivity index (χ3v) is 5.33. The molecule has 0 bridgehead atoms. The monoisotopic (exact) mass is 415 g/mol. The van der Waals surface area contributed by atoms with Crippen LogP contribution in [-0.2, 0) is 4.79 Å². The van der Waals surface area contributed by atoms with E-state index >= 15 is 0 Å². The molecule has 3 amide bonds. The highest BCUT2D eigenvalue weighted by molar-refractivity contribution is 6.30. The molecule has 8 nitrogen and oxygen atoms in total. The summed E-state index contributed by atoms with van der Waals surface area (Å²) in [7, 11) is 0. The molecule has 29 heavy (non-hydrogen) atoms. The molecule has 4 rings (SSSR count). The van der Waals surface area contributed by atoms with Gasteiger partial charge in [0, 0.05) is 42.8 Å². The molecule has 0 spiro atoms. The molecule has 1 atom stereocenters. The first-order valence-electron chi connectivity index (χ1n) is 9.56. The second kappa shape index (κ2) is 8.24. The molecule has 0 saturated carbocycles. The Morgan fingerprint density at radius 2 is 2.07 bits per heavy atom. The normalized spacial score (nSPS) is 19.2. The fraction of sp³-hybridized carbons (Fsp3) is 0.400. The second-order valence-electron chi connectivity index (χ2n) is 7.22. The standard InChI is InChI=1S/C20H22ClN5O3/c1-14-5-6-18(23-22-14)29-17-7-8-24(12-17)19(27)13-25-9-10-26(20(25)28)16-4-2-3-15(21)11-16/h2-6,11,17H,7-10,12-13H2,1H3. The third kappa shape index (κ3) is 4.42. The van der Waals surface area contributed by atoms with Gasteiger partial charge in [0.05, 0.1) is 12.2 Å². The predicted octanol–water partition coefficient (Wildman–Crippen LogP) is 2.36. The van der Waals surface area contributed by atoms with Crippen LogP contribution >= 0.6 is 11.6 Å². The first-order valence-corrected chi connectivity index (χ1v) is 9.94. The van der Waals surface area contributed by atoms with Gasteiger partial charge >= 0.3 is 6.03 Å². The number of aromatic nitrogens is 2. The van der Waals surface area contributed by atoms with Crippen LogP contribution < -0.4 is 9.64 Å². The summed E-state index contributed by atoms with van der Waals surface area (Å²) in [6, 6.07) is 10.6. The molecule has 1 aromatic heterocycles. The van der Waals surface area contributed by atoms with Gasteiger partial charge in [-0.3, -0.25) is 9.69 Å². The first kappa shape index (κ1) is 19.4. The summed E-state index contributed by atoms with van der Waals surface area (Å²) in [5.41, 5.74) is 1.56. The van der Waals surface area contributed by atoms with Gasteiger partial charge in [0.15, 0.2) is 0 Å². The zero-order chi connectivity index (χ0) is 20.4. The molecule has 0 aliphatic carbocycles. The van der Waals surface area contributed by atoms with Gasteiger partial charge in [-0.1, -0.05) is 17.7 Å². The zero-order valence-corrected chi connectivity index (χ0v) is 16.9. The van der Waals surface area contributed by atoms with Crippen molar-refractivity contribution < 1.29 is 14.3 Å². The van der Waals surface area contributed by atoms with E-state index in [4.69, 9.17) is 16.3 Å². The van der Waals surface area contributed by atoms with E-state index in [1.54, 1.807) is 32.9 Å². The highest BCUT2D eigenvalue weighted by atomic mass is 35.5. The smallest absolute Gasteiger partial charge is 0.325 e. The van der Waals surface area contributed by atoms with Crippen molar-refractivity contribution in [1.29, 1.82) is 0 Å². The SMILES string of the molecule is Cc1ccc(OC2CCN(C(=O)CN3CCN(c4cccc(Cl)c4)C3=O)C2)nn1. The molecule has 9 heteroatoms. The average Bonchev–Trinajstić information content (AvgIpc) is 3.31. The number of nitrogens with zero attached hydrogens (tertiary/aromatic N) is 5. The minimum Gasteiger partial charge on any atom is -0.471 e. The lowest BCUT2D eigenvalue weighted by Gasteiger charge is -2.22. The Labute approximate surface area is 174 Å². The molecule has 2 aliphatic rings. The van der Waals surface area contributed by atoms with Gasteiger partial charge in [-0.15, -0.1) is 5.10 Å². The molecule has 0 radical (unpaired) electrons. The number of hydrogen-bond acceptors (Lipinski definition) is 5. The van der Waals surface area contributed by atoms with Crippen molar-refractivity contribution in [2.45, 2.75) is 19.4 Å².